The zero-order valence-corrected chi connectivity index (χ0v) is 21.2. The lowest BCUT2D eigenvalue weighted by Gasteiger charge is -2.36. The van der Waals surface area contributed by atoms with Crippen LogP contribution in [0.25, 0.3) is 0 Å². The molecule has 0 saturated carbocycles. The van der Waals surface area contributed by atoms with E-state index in [9.17, 15) is 8.60 Å². The van der Waals surface area contributed by atoms with E-state index >= 15 is 0 Å². The second kappa shape index (κ2) is 12.0. The van der Waals surface area contributed by atoms with E-state index in [1.54, 1.807) is 19.2 Å². The molecule has 2 rings (SSSR count). The summed E-state index contributed by atoms with van der Waals surface area (Å²) < 4.78 is 30.8. The molecule has 1 fully saturated rings. The summed E-state index contributed by atoms with van der Waals surface area (Å²) in [4.78, 5) is 8.88. The summed E-state index contributed by atoms with van der Waals surface area (Å²) in [7, 11) is 2.37. The van der Waals surface area contributed by atoms with Gasteiger partial charge < -0.3 is 15.0 Å². The number of piperazine rings is 1. The zero-order valence-electron chi connectivity index (χ0n) is 18.0. The molecule has 9 heteroatoms. The van der Waals surface area contributed by atoms with Gasteiger partial charge in [-0.1, -0.05) is 6.07 Å². The van der Waals surface area contributed by atoms with Crippen LogP contribution in [-0.2, 0) is 17.3 Å². The van der Waals surface area contributed by atoms with Crippen molar-refractivity contribution in [2.75, 3.05) is 52.6 Å². The Labute approximate surface area is 193 Å². The van der Waals surface area contributed by atoms with Crippen LogP contribution in [0, 0.1) is 5.82 Å². The van der Waals surface area contributed by atoms with Gasteiger partial charge in [-0.25, -0.2) is 4.39 Å². The number of guanidine groups is 1. The number of rotatable bonds is 6. The van der Waals surface area contributed by atoms with Crippen molar-refractivity contribution >= 4 is 40.7 Å². The van der Waals surface area contributed by atoms with Gasteiger partial charge in [-0.2, -0.15) is 0 Å². The quantitative estimate of drug-likeness (QED) is 0.342. The highest BCUT2D eigenvalue weighted by molar-refractivity contribution is 14.0. The highest BCUT2D eigenvalue weighted by atomic mass is 127. The summed E-state index contributed by atoms with van der Waals surface area (Å²) in [6.07, 6.45) is 0. The van der Waals surface area contributed by atoms with Crippen molar-refractivity contribution in [2.24, 2.45) is 4.99 Å². The fourth-order valence-electron chi connectivity index (χ4n) is 3.08. The van der Waals surface area contributed by atoms with Gasteiger partial charge in [-0.3, -0.25) is 14.1 Å². The molecule has 1 N–H and O–H groups in total. The van der Waals surface area contributed by atoms with Crippen molar-refractivity contribution in [3.63, 3.8) is 0 Å². The minimum Gasteiger partial charge on any atom is -0.494 e. The van der Waals surface area contributed by atoms with Gasteiger partial charge in [-0.05, 0) is 38.5 Å². The first-order valence-electron chi connectivity index (χ1n) is 9.63. The first kappa shape index (κ1) is 26.1. The number of hydrogen-bond acceptors (Lipinski definition) is 4. The first-order chi connectivity index (χ1) is 13.2. The zero-order chi connectivity index (χ0) is 20.7. The molecule has 1 unspecified atom stereocenters. The summed E-state index contributed by atoms with van der Waals surface area (Å²) in [6.45, 7) is 10.8. The van der Waals surface area contributed by atoms with E-state index in [1.807, 2.05) is 26.8 Å². The minimum atomic E-state index is -0.877. The van der Waals surface area contributed by atoms with Gasteiger partial charge in [0.2, 0.25) is 0 Å². The van der Waals surface area contributed by atoms with Crippen LogP contribution < -0.4 is 10.1 Å². The lowest BCUT2D eigenvalue weighted by molar-refractivity contribution is 0.172. The second-order valence-corrected chi connectivity index (χ2v) is 10.2. The van der Waals surface area contributed by atoms with Crippen molar-refractivity contribution in [1.29, 1.82) is 0 Å². The Bertz CT molecular complexity index is 704. The average molecular weight is 540 g/mol. The highest BCUT2D eigenvalue weighted by Crippen LogP contribution is 2.19. The smallest absolute Gasteiger partial charge is 0.193 e. The van der Waals surface area contributed by atoms with E-state index in [-0.39, 0.29) is 40.3 Å². The summed E-state index contributed by atoms with van der Waals surface area (Å²) in [5.74, 6) is 1.40. The highest BCUT2D eigenvalue weighted by Gasteiger charge is 2.22. The standard InChI is InChI=1S/C20H33FN4O2S.HI/c1-20(2,3)28(26)13-8-23-19(22-4)25-11-9-24(10-12-25)15-16-6-7-18(27-5)17(21)14-16;/h6-7,14H,8-13,15H2,1-5H3,(H,22,23);1H. The number of aliphatic imine (C=N–C) groups is 1. The maximum absolute atomic E-state index is 13.9. The monoisotopic (exact) mass is 540 g/mol. The molecule has 6 nitrogen and oxygen atoms in total. The van der Waals surface area contributed by atoms with Crippen LogP contribution in [0.1, 0.15) is 26.3 Å². The Morgan fingerprint density at radius 3 is 2.45 bits per heavy atom. The predicted octanol–water partition coefficient (Wildman–Crippen LogP) is 2.69. The fourth-order valence-corrected chi connectivity index (χ4v) is 3.98. The Kier molecular flexibility index (Phi) is 10.8. The maximum atomic E-state index is 13.9. The van der Waals surface area contributed by atoms with Crippen molar-refractivity contribution in [3.05, 3.63) is 29.6 Å². The Morgan fingerprint density at radius 2 is 1.93 bits per heavy atom. The van der Waals surface area contributed by atoms with Crippen LogP contribution in [0.5, 0.6) is 5.75 Å². The molecule has 0 aromatic heterocycles. The van der Waals surface area contributed by atoms with E-state index in [2.05, 4.69) is 20.1 Å². The largest absolute Gasteiger partial charge is 0.494 e. The maximum Gasteiger partial charge on any atom is 0.193 e. The van der Waals surface area contributed by atoms with Gasteiger partial charge in [0.05, 0.1) is 7.11 Å². The molecule has 0 aliphatic carbocycles. The number of nitrogens with one attached hydrogen (secondary N) is 1. The Morgan fingerprint density at radius 1 is 1.28 bits per heavy atom. The van der Waals surface area contributed by atoms with Crippen LogP contribution in [0.2, 0.25) is 0 Å². The van der Waals surface area contributed by atoms with Crippen LogP contribution in [-0.4, -0.2) is 77.3 Å². The molecule has 1 aliphatic rings. The number of methoxy groups -OCH3 is 1. The van der Waals surface area contributed by atoms with Crippen molar-refractivity contribution < 1.29 is 13.3 Å². The number of benzene rings is 1. The predicted molar refractivity (Wildman–Crippen MR) is 129 cm³/mol. The Hall–Kier alpha value is -0.940. The lowest BCUT2D eigenvalue weighted by Crippen LogP contribution is -2.52. The number of halogens is 2. The SMILES string of the molecule is CN=C(NCCS(=O)C(C)(C)C)N1CCN(Cc2ccc(OC)c(F)c2)CC1.I. The number of nitrogens with zero attached hydrogens (tertiary/aromatic N) is 3. The van der Waals surface area contributed by atoms with Gasteiger partial charge in [0.1, 0.15) is 0 Å². The lowest BCUT2D eigenvalue weighted by atomic mass is 10.2. The molecule has 0 radical (unpaired) electrons. The van der Waals surface area contributed by atoms with E-state index in [1.165, 1.54) is 7.11 Å². The van der Waals surface area contributed by atoms with Crippen LogP contribution in [0.15, 0.2) is 23.2 Å². The van der Waals surface area contributed by atoms with Crippen molar-refractivity contribution in [1.82, 2.24) is 15.1 Å². The molecule has 1 aliphatic heterocycles. The number of ether oxygens (including phenoxy) is 1. The fraction of sp³-hybridized carbons (Fsp3) is 0.650. The molecule has 1 saturated heterocycles. The third-order valence-electron chi connectivity index (χ3n) is 4.76. The molecule has 166 valence electrons. The first-order valence-corrected chi connectivity index (χ1v) is 11.0. The van der Waals surface area contributed by atoms with Gasteiger partial charge >= 0.3 is 0 Å². The van der Waals surface area contributed by atoms with Crippen LogP contribution in [0.3, 0.4) is 0 Å². The Balaban J connectivity index is 0.00000420. The molecule has 0 spiro atoms. The normalized spacial score (nSPS) is 16.9. The summed E-state index contributed by atoms with van der Waals surface area (Å²) >= 11 is 0. The molecule has 1 heterocycles. The summed E-state index contributed by atoms with van der Waals surface area (Å²) in [5, 5.41) is 3.33. The van der Waals surface area contributed by atoms with Crippen molar-refractivity contribution in [2.45, 2.75) is 32.1 Å². The second-order valence-electron chi connectivity index (χ2n) is 7.87. The molecule has 1 aromatic carbocycles. The molecular formula is C20H34FIN4O2S. The van der Waals surface area contributed by atoms with Gasteiger partial charge in [0, 0.05) is 67.6 Å². The average Bonchev–Trinajstić information content (AvgIpc) is 2.65. The van der Waals surface area contributed by atoms with Gasteiger partial charge in [0.25, 0.3) is 0 Å². The molecular weight excluding hydrogens is 506 g/mol. The van der Waals surface area contributed by atoms with Crippen LogP contribution in [0.4, 0.5) is 4.39 Å². The molecule has 1 atom stereocenters. The van der Waals surface area contributed by atoms with Gasteiger partial charge in [0.15, 0.2) is 17.5 Å². The third kappa shape index (κ3) is 8.01. The van der Waals surface area contributed by atoms with Crippen LogP contribution >= 0.6 is 24.0 Å². The van der Waals surface area contributed by atoms with E-state index in [4.69, 9.17) is 4.74 Å². The molecule has 29 heavy (non-hydrogen) atoms. The minimum absolute atomic E-state index is 0. The third-order valence-corrected chi connectivity index (χ3v) is 6.70. The summed E-state index contributed by atoms with van der Waals surface area (Å²) in [5.41, 5.74) is 0.943. The molecule has 1 aromatic rings. The van der Waals surface area contributed by atoms with E-state index < -0.39 is 10.8 Å². The number of hydrogen-bond donors (Lipinski definition) is 1. The van der Waals surface area contributed by atoms with Crippen molar-refractivity contribution in [3.8, 4) is 5.75 Å². The molecule has 0 bridgehead atoms. The molecule has 0 amide bonds. The summed E-state index contributed by atoms with van der Waals surface area (Å²) in [6, 6.07) is 5.12. The van der Waals surface area contributed by atoms with E-state index in [0.29, 0.717) is 18.8 Å². The van der Waals surface area contributed by atoms with E-state index in [0.717, 1.165) is 37.7 Å². The topological polar surface area (TPSA) is 57.2 Å². The van der Waals surface area contributed by atoms with Gasteiger partial charge in [-0.15, -0.1) is 24.0 Å².